The lowest BCUT2D eigenvalue weighted by atomic mass is 9.93. The Morgan fingerprint density at radius 3 is 2.97 bits per heavy atom. The minimum Gasteiger partial charge on any atom is -0.462 e. The maximum Gasteiger partial charge on any atom is 0.318 e. The van der Waals surface area contributed by atoms with Crippen LogP contribution >= 0.6 is 0 Å². The molecule has 3 atom stereocenters. The second-order valence-corrected chi connectivity index (χ2v) is 10.4. The molecule has 3 aliphatic rings. The SMILES string of the molecule is C=CC(=O)NCCNc1nc(OC[C@@H]2CCCN2C)nc2cc(-c3cccc4c3CC3CC43)c(F)cc12. The Hall–Kier alpha value is -3.52. The first-order valence-electron chi connectivity index (χ1n) is 13.1. The third-order valence-corrected chi connectivity index (χ3v) is 8.03. The molecule has 0 radical (unpaired) electrons. The number of anilines is 1. The Morgan fingerprint density at radius 2 is 2.16 bits per heavy atom. The molecule has 2 aliphatic carbocycles. The molecule has 3 aromatic rings. The molecule has 0 bridgehead atoms. The monoisotopic (exact) mass is 501 g/mol. The summed E-state index contributed by atoms with van der Waals surface area (Å²) >= 11 is 0. The highest BCUT2D eigenvalue weighted by Crippen LogP contribution is 2.58. The number of carbonyl (C=O) groups is 1. The summed E-state index contributed by atoms with van der Waals surface area (Å²) in [5.74, 6) is 1.30. The molecule has 2 heterocycles. The van der Waals surface area contributed by atoms with E-state index < -0.39 is 0 Å². The zero-order chi connectivity index (χ0) is 25.5. The van der Waals surface area contributed by atoms with E-state index in [9.17, 15) is 4.79 Å². The average Bonchev–Trinajstić information content (AvgIpc) is 3.39. The summed E-state index contributed by atoms with van der Waals surface area (Å²) in [4.78, 5) is 23.1. The van der Waals surface area contributed by atoms with Crippen LogP contribution in [0.5, 0.6) is 6.01 Å². The lowest BCUT2D eigenvalue weighted by molar-refractivity contribution is -0.116. The quantitative estimate of drug-likeness (QED) is 0.337. The predicted octanol–water partition coefficient (Wildman–Crippen LogP) is 4.28. The van der Waals surface area contributed by atoms with Crippen LogP contribution in [0.2, 0.25) is 0 Å². The number of amides is 1. The van der Waals surface area contributed by atoms with E-state index in [1.807, 2.05) is 18.2 Å². The number of likely N-dealkylation sites (N-methyl/N-ethyl adjacent to an activating group) is 1. The zero-order valence-electron chi connectivity index (χ0n) is 21.1. The van der Waals surface area contributed by atoms with Gasteiger partial charge in [0.1, 0.15) is 18.2 Å². The largest absolute Gasteiger partial charge is 0.462 e. The summed E-state index contributed by atoms with van der Waals surface area (Å²) in [6.07, 6.45) is 5.73. The Morgan fingerprint density at radius 1 is 1.27 bits per heavy atom. The van der Waals surface area contributed by atoms with E-state index >= 15 is 4.39 Å². The van der Waals surface area contributed by atoms with Crippen molar-refractivity contribution in [2.45, 2.75) is 37.6 Å². The Balaban J connectivity index is 1.33. The topological polar surface area (TPSA) is 79.4 Å². The van der Waals surface area contributed by atoms with Crippen molar-refractivity contribution in [3.63, 3.8) is 0 Å². The third kappa shape index (κ3) is 4.66. The number of halogens is 1. The average molecular weight is 502 g/mol. The Bertz CT molecular complexity index is 1380. The second kappa shape index (κ2) is 9.74. The molecular formula is C29H32FN5O2. The van der Waals surface area contributed by atoms with Crippen molar-refractivity contribution in [3.8, 4) is 17.1 Å². The van der Waals surface area contributed by atoms with Crippen LogP contribution in [-0.4, -0.2) is 60.1 Å². The van der Waals surface area contributed by atoms with E-state index in [0.717, 1.165) is 31.4 Å². The van der Waals surface area contributed by atoms with Gasteiger partial charge < -0.3 is 20.3 Å². The number of hydrogen-bond donors (Lipinski definition) is 2. The number of aromatic nitrogens is 2. The Labute approximate surface area is 216 Å². The van der Waals surface area contributed by atoms with E-state index in [-0.39, 0.29) is 17.7 Å². The highest BCUT2D eigenvalue weighted by Gasteiger charge is 2.45. The van der Waals surface area contributed by atoms with E-state index in [2.05, 4.69) is 40.2 Å². The molecule has 0 spiro atoms. The lowest BCUT2D eigenvalue weighted by Gasteiger charge is -2.19. The molecule has 2 unspecified atom stereocenters. The van der Waals surface area contributed by atoms with Crippen LogP contribution in [0.25, 0.3) is 22.0 Å². The van der Waals surface area contributed by atoms with Crippen LogP contribution in [0.3, 0.4) is 0 Å². The molecule has 2 fully saturated rings. The fourth-order valence-corrected chi connectivity index (χ4v) is 5.88. The highest BCUT2D eigenvalue weighted by atomic mass is 19.1. The van der Waals surface area contributed by atoms with Crippen LogP contribution < -0.4 is 15.4 Å². The molecule has 192 valence electrons. The molecule has 1 aromatic heterocycles. The summed E-state index contributed by atoms with van der Waals surface area (Å²) in [7, 11) is 2.10. The second-order valence-electron chi connectivity index (χ2n) is 10.4. The van der Waals surface area contributed by atoms with Gasteiger partial charge in [0, 0.05) is 30.1 Å². The standard InChI is InChI=1S/C29H32FN5O2/c1-3-27(36)31-9-10-32-28-24-14-25(30)23(20-8-4-7-19-21-12-17(21)13-22(19)20)15-26(24)33-29(34-28)37-16-18-6-5-11-35(18)2/h3-4,7-8,14-15,17-18,21H,1,5-6,9-13,16H2,2H3,(H,31,36)(H,32,33,34)/t17?,18-,21?/m0/s1. The van der Waals surface area contributed by atoms with E-state index in [0.29, 0.717) is 59.9 Å². The molecule has 1 amide bonds. The number of ether oxygens (including phenoxy) is 1. The fourth-order valence-electron chi connectivity index (χ4n) is 5.88. The van der Waals surface area contributed by atoms with Crippen LogP contribution in [0.4, 0.5) is 10.2 Å². The van der Waals surface area contributed by atoms with Gasteiger partial charge in [-0.1, -0.05) is 24.8 Å². The number of nitrogens with one attached hydrogen (secondary N) is 2. The van der Waals surface area contributed by atoms with Gasteiger partial charge >= 0.3 is 6.01 Å². The van der Waals surface area contributed by atoms with Crippen LogP contribution in [0, 0.1) is 11.7 Å². The van der Waals surface area contributed by atoms with Crippen LogP contribution in [0.15, 0.2) is 43.0 Å². The maximum atomic E-state index is 15.6. The van der Waals surface area contributed by atoms with Crippen LogP contribution in [-0.2, 0) is 11.2 Å². The third-order valence-electron chi connectivity index (χ3n) is 8.03. The molecule has 37 heavy (non-hydrogen) atoms. The number of carbonyl (C=O) groups excluding carboxylic acids is 1. The van der Waals surface area contributed by atoms with Crippen LogP contribution in [0.1, 0.15) is 36.3 Å². The summed E-state index contributed by atoms with van der Waals surface area (Å²) in [5, 5.41) is 6.54. The lowest BCUT2D eigenvalue weighted by Crippen LogP contribution is -2.31. The molecule has 1 saturated heterocycles. The normalized spacial score (nSPS) is 21.9. The van der Waals surface area contributed by atoms with Gasteiger partial charge in [-0.05, 0) is 86.0 Å². The molecule has 8 heteroatoms. The van der Waals surface area contributed by atoms with Crippen molar-refractivity contribution in [2.75, 3.05) is 38.6 Å². The van der Waals surface area contributed by atoms with Crippen molar-refractivity contribution in [3.05, 3.63) is 59.9 Å². The van der Waals surface area contributed by atoms with Gasteiger partial charge in [-0.15, -0.1) is 0 Å². The van der Waals surface area contributed by atoms with E-state index in [4.69, 9.17) is 9.72 Å². The fraction of sp³-hybridized carbons (Fsp3) is 0.414. The first-order chi connectivity index (χ1) is 18.0. The first kappa shape index (κ1) is 23.9. The molecular weight excluding hydrogens is 469 g/mol. The van der Waals surface area contributed by atoms with Gasteiger partial charge in [0.15, 0.2) is 0 Å². The summed E-state index contributed by atoms with van der Waals surface area (Å²) in [6.45, 7) is 5.81. The number of likely N-dealkylation sites (tertiary alicyclic amines) is 1. The summed E-state index contributed by atoms with van der Waals surface area (Å²) < 4.78 is 21.7. The molecule has 1 aliphatic heterocycles. The molecule has 1 saturated carbocycles. The predicted molar refractivity (Wildman–Crippen MR) is 142 cm³/mol. The van der Waals surface area contributed by atoms with Gasteiger partial charge in [-0.2, -0.15) is 9.97 Å². The van der Waals surface area contributed by atoms with Gasteiger partial charge in [0.05, 0.1) is 5.52 Å². The van der Waals surface area contributed by atoms with E-state index in [1.54, 1.807) is 0 Å². The van der Waals surface area contributed by atoms with Gasteiger partial charge in [-0.3, -0.25) is 4.79 Å². The number of nitrogens with zero attached hydrogens (tertiary/aromatic N) is 3. The highest BCUT2D eigenvalue weighted by molar-refractivity contribution is 5.93. The number of benzene rings is 2. The Kier molecular flexibility index (Phi) is 6.28. The van der Waals surface area contributed by atoms with Gasteiger partial charge in [0.2, 0.25) is 5.91 Å². The summed E-state index contributed by atoms with van der Waals surface area (Å²) in [5.41, 5.74) is 4.79. The molecule has 2 aromatic carbocycles. The summed E-state index contributed by atoms with van der Waals surface area (Å²) in [6, 6.07) is 10.2. The van der Waals surface area contributed by atoms with Crippen molar-refractivity contribution in [2.24, 2.45) is 5.92 Å². The van der Waals surface area contributed by atoms with Crippen molar-refractivity contribution < 1.29 is 13.9 Å². The number of hydrogen-bond acceptors (Lipinski definition) is 6. The molecule has 6 rings (SSSR count). The van der Waals surface area contributed by atoms with E-state index in [1.165, 1.54) is 29.7 Å². The van der Waals surface area contributed by atoms with Gasteiger partial charge in [0.25, 0.3) is 0 Å². The smallest absolute Gasteiger partial charge is 0.318 e. The molecule has 2 N–H and O–H groups in total. The van der Waals surface area contributed by atoms with Crippen molar-refractivity contribution in [1.82, 2.24) is 20.2 Å². The number of fused-ring (bicyclic) bond motifs is 4. The first-order valence-corrected chi connectivity index (χ1v) is 13.1. The van der Waals surface area contributed by atoms with Crippen molar-refractivity contribution >= 4 is 22.6 Å². The number of rotatable bonds is 9. The molecule has 7 nitrogen and oxygen atoms in total. The minimum atomic E-state index is -0.297. The zero-order valence-corrected chi connectivity index (χ0v) is 21.1. The van der Waals surface area contributed by atoms with Gasteiger partial charge in [-0.25, -0.2) is 4.39 Å². The maximum absolute atomic E-state index is 15.6. The minimum absolute atomic E-state index is 0.247. The van der Waals surface area contributed by atoms with Crippen molar-refractivity contribution in [1.29, 1.82) is 0 Å².